The fraction of sp³-hybridized carbons (Fsp3) is 0. The van der Waals surface area contributed by atoms with E-state index >= 15 is 0 Å². The van der Waals surface area contributed by atoms with Crippen molar-refractivity contribution in [2.45, 2.75) is 0 Å². The monoisotopic (exact) mass is 309 g/mol. The molecule has 0 N–H and O–H groups in total. The van der Waals surface area contributed by atoms with Gasteiger partial charge in [0.1, 0.15) is 0 Å². The van der Waals surface area contributed by atoms with Gasteiger partial charge in [0, 0.05) is 12.3 Å². The first kappa shape index (κ1) is 14.3. The van der Waals surface area contributed by atoms with Gasteiger partial charge in [0.15, 0.2) is 5.75 Å². The quantitative estimate of drug-likeness (QED) is 0.663. The maximum atomic E-state index is 12.2. The standard InChI is InChI=1S/C18H12ClNO2/c19-16-10-17(12-20-11-16)22-18(21)15-8-4-7-14(9-15)13-5-2-1-3-6-13/h1-12H. The molecule has 108 valence electrons. The summed E-state index contributed by atoms with van der Waals surface area (Å²) in [5.74, 6) is -0.121. The molecule has 1 aromatic heterocycles. The van der Waals surface area contributed by atoms with Crippen LogP contribution in [-0.2, 0) is 0 Å². The molecule has 0 aliphatic carbocycles. The molecule has 0 aliphatic rings. The highest BCUT2D eigenvalue weighted by Crippen LogP contribution is 2.21. The van der Waals surface area contributed by atoms with Gasteiger partial charge in [-0.2, -0.15) is 0 Å². The van der Waals surface area contributed by atoms with Crippen LogP contribution in [0.1, 0.15) is 10.4 Å². The summed E-state index contributed by atoms with van der Waals surface area (Å²) in [6.07, 6.45) is 2.93. The number of carbonyl (C=O) groups is 1. The van der Waals surface area contributed by atoms with Crippen LogP contribution in [0.5, 0.6) is 5.75 Å². The molecule has 0 saturated heterocycles. The second-order valence-electron chi connectivity index (χ2n) is 4.68. The minimum atomic E-state index is -0.443. The van der Waals surface area contributed by atoms with Crippen LogP contribution in [0.3, 0.4) is 0 Å². The van der Waals surface area contributed by atoms with Crippen molar-refractivity contribution in [2.75, 3.05) is 0 Å². The number of carbonyl (C=O) groups excluding carboxylic acids is 1. The number of hydrogen-bond donors (Lipinski definition) is 0. The first-order valence-corrected chi connectivity index (χ1v) is 7.08. The van der Waals surface area contributed by atoms with Crippen LogP contribution in [0.15, 0.2) is 73.1 Å². The Labute approximate surface area is 133 Å². The lowest BCUT2D eigenvalue weighted by atomic mass is 10.0. The Morgan fingerprint density at radius 2 is 1.68 bits per heavy atom. The zero-order valence-electron chi connectivity index (χ0n) is 11.6. The fourth-order valence-electron chi connectivity index (χ4n) is 2.07. The summed E-state index contributed by atoms with van der Waals surface area (Å²) < 4.78 is 5.29. The normalized spacial score (nSPS) is 10.2. The van der Waals surface area contributed by atoms with Crippen molar-refractivity contribution in [1.29, 1.82) is 0 Å². The van der Waals surface area contributed by atoms with Crippen LogP contribution >= 0.6 is 11.6 Å². The third-order valence-corrected chi connectivity index (χ3v) is 3.30. The molecule has 0 fully saturated rings. The maximum Gasteiger partial charge on any atom is 0.343 e. The Hall–Kier alpha value is -2.65. The van der Waals surface area contributed by atoms with Crippen LogP contribution < -0.4 is 4.74 Å². The predicted molar refractivity (Wildman–Crippen MR) is 86.1 cm³/mol. The lowest BCUT2D eigenvalue weighted by Gasteiger charge is -2.06. The third kappa shape index (κ3) is 3.32. The van der Waals surface area contributed by atoms with Crippen molar-refractivity contribution in [1.82, 2.24) is 4.98 Å². The van der Waals surface area contributed by atoms with Gasteiger partial charge in [-0.15, -0.1) is 0 Å². The number of nitrogens with zero attached hydrogens (tertiary/aromatic N) is 1. The number of halogens is 1. The Bertz CT molecular complexity index is 803. The van der Waals surface area contributed by atoms with Crippen molar-refractivity contribution in [3.05, 3.63) is 83.6 Å². The minimum absolute atomic E-state index is 0.322. The highest BCUT2D eigenvalue weighted by atomic mass is 35.5. The third-order valence-electron chi connectivity index (χ3n) is 3.10. The van der Waals surface area contributed by atoms with Gasteiger partial charge >= 0.3 is 5.97 Å². The fourth-order valence-corrected chi connectivity index (χ4v) is 2.23. The molecule has 3 rings (SSSR count). The van der Waals surface area contributed by atoms with Gasteiger partial charge in [-0.1, -0.05) is 54.1 Å². The molecular weight excluding hydrogens is 298 g/mol. The number of pyridine rings is 1. The Morgan fingerprint density at radius 1 is 0.909 bits per heavy atom. The Morgan fingerprint density at radius 3 is 2.45 bits per heavy atom. The lowest BCUT2D eigenvalue weighted by Crippen LogP contribution is -2.08. The molecule has 0 spiro atoms. The van der Waals surface area contributed by atoms with E-state index in [9.17, 15) is 4.79 Å². The van der Waals surface area contributed by atoms with E-state index in [0.717, 1.165) is 11.1 Å². The molecule has 0 bridgehead atoms. The Kier molecular flexibility index (Phi) is 4.17. The van der Waals surface area contributed by atoms with Gasteiger partial charge < -0.3 is 4.74 Å². The molecule has 22 heavy (non-hydrogen) atoms. The molecule has 1 heterocycles. The summed E-state index contributed by atoms with van der Waals surface area (Å²) in [7, 11) is 0. The molecule has 3 aromatic rings. The lowest BCUT2D eigenvalue weighted by molar-refractivity contribution is 0.0734. The summed E-state index contributed by atoms with van der Waals surface area (Å²) >= 11 is 5.83. The molecule has 0 amide bonds. The molecule has 0 unspecified atom stereocenters. The predicted octanol–water partition coefficient (Wildman–Crippen LogP) is 4.62. The minimum Gasteiger partial charge on any atom is -0.421 e. The smallest absolute Gasteiger partial charge is 0.343 e. The van der Waals surface area contributed by atoms with Gasteiger partial charge in [0.05, 0.1) is 16.8 Å². The first-order chi connectivity index (χ1) is 10.7. The molecule has 2 aromatic carbocycles. The van der Waals surface area contributed by atoms with E-state index in [1.165, 1.54) is 12.4 Å². The largest absolute Gasteiger partial charge is 0.421 e. The van der Waals surface area contributed by atoms with Crippen LogP contribution in [-0.4, -0.2) is 11.0 Å². The van der Waals surface area contributed by atoms with E-state index in [4.69, 9.17) is 16.3 Å². The molecular formula is C18H12ClNO2. The molecule has 0 atom stereocenters. The summed E-state index contributed by atoms with van der Waals surface area (Å²) in [5, 5.41) is 0.420. The molecule has 0 saturated carbocycles. The second-order valence-corrected chi connectivity index (χ2v) is 5.11. The van der Waals surface area contributed by atoms with E-state index in [2.05, 4.69) is 4.98 Å². The maximum absolute atomic E-state index is 12.2. The van der Waals surface area contributed by atoms with E-state index in [0.29, 0.717) is 16.3 Å². The average Bonchev–Trinajstić information content (AvgIpc) is 2.56. The average molecular weight is 310 g/mol. The van der Waals surface area contributed by atoms with Crippen molar-refractivity contribution in [2.24, 2.45) is 0 Å². The summed E-state index contributed by atoms with van der Waals surface area (Å²) in [5.41, 5.74) is 2.47. The van der Waals surface area contributed by atoms with Gasteiger partial charge in [-0.25, -0.2) is 4.79 Å². The van der Waals surface area contributed by atoms with E-state index in [-0.39, 0.29) is 0 Å². The molecule has 4 heteroatoms. The summed E-state index contributed by atoms with van der Waals surface area (Å²) in [4.78, 5) is 16.1. The summed E-state index contributed by atoms with van der Waals surface area (Å²) in [6, 6.07) is 18.7. The van der Waals surface area contributed by atoms with Gasteiger partial charge in [0.2, 0.25) is 0 Å². The SMILES string of the molecule is O=C(Oc1cncc(Cl)c1)c1cccc(-c2ccccc2)c1. The van der Waals surface area contributed by atoms with Gasteiger partial charge in [-0.05, 0) is 23.3 Å². The zero-order valence-corrected chi connectivity index (χ0v) is 12.3. The number of hydrogen-bond acceptors (Lipinski definition) is 3. The van der Waals surface area contributed by atoms with Gasteiger partial charge in [0.25, 0.3) is 0 Å². The molecule has 0 radical (unpaired) electrons. The molecule has 3 nitrogen and oxygen atoms in total. The van der Waals surface area contributed by atoms with Crippen molar-refractivity contribution in [3.63, 3.8) is 0 Å². The van der Waals surface area contributed by atoms with E-state index < -0.39 is 5.97 Å². The first-order valence-electron chi connectivity index (χ1n) is 6.70. The van der Waals surface area contributed by atoms with Crippen LogP contribution in [0.2, 0.25) is 5.02 Å². The highest BCUT2D eigenvalue weighted by Gasteiger charge is 2.10. The number of rotatable bonds is 3. The number of ether oxygens (including phenoxy) is 1. The van der Waals surface area contributed by atoms with Crippen molar-refractivity contribution < 1.29 is 9.53 Å². The van der Waals surface area contributed by atoms with E-state index in [1.807, 2.05) is 42.5 Å². The highest BCUT2D eigenvalue weighted by molar-refractivity contribution is 6.30. The van der Waals surface area contributed by atoms with Crippen LogP contribution in [0, 0.1) is 0 Å². The number of benzene rings is 2. The van der Waals surface area contributed by atoms with Crippen molar-refractivity contribution in [3.8, 4) is 16.9 Å². The van der Waals surface area contributed by atoms with Crippen LogP contribution in [0.25, 0.3) is 11.1 Å². The van der Waals surface area contributed by atoms with Gasteiger partial charge in [-0.3, -0.25) is 4.98 Å². The van der Waals surface area contributed by atoms with Crippen molar-refractivity contribution >= 4 is 17.6 Å². The molecule has 0 aliphatic heterocycles. The van der Waals surface area contributed by atoms with Crippen LogP contribution in [0.4, 0.5) is 0 Å². The second kappa shape index (κ2) is 6.41. The number of esters is 1. The van der Waals surface area contributed by atoms with E-state index in [1.54, 1.807) is 18.2 Å². The summed E-state index contributed by atoms with van der Waals surface area (Å²) in [6.45, 7) is 0. The number of aromatic nitrogens is 1. The Balaban J connectivity index is 1.84. The zero-order chi connectivity index (χ0) is 15.4. The topological polar surface area (TPSA) is 39.2 Å².